The first-order chi connectivity index (χ1) is 17.8. The Hall–Kier alpha value is -3.29. The number of sulfone groups is 1. The molecule has 1 atom stereocenters. The number of nitrogens with one attached hydrogen (secondary N) is 2. The quantitative estimate of drug-likeness (QED) is 0.512. The summed E-state index contributed by atoms with van der Waals surface area (Å²) in [5.41, 5.74) is 0.261. The highest BCUT2D eigenvalue weighted by Crippen LogP contribution is 2.44. The molecule has 1 saturated carbocycles. The number of hydrogen-bond donors (Lipinski definition) is 2. The van der Waals surface area contributed by atoms with Crippen LogP contribution in [0.4, 0.5) is 19.0 Å². The average molecular weight is 557 g/mol. The zero-order chi connectivity index (χ0) is 27.3. The lowest BCUT2D eigenvalue weighted by Crippen LogP contribution is -2.53. The number of amides is 2. The minimum atomic E-state index is -4.49. The number of halogens is 3. The number of hydrogen-bond acceptors (Lipinski definition) is 7. The van der Waals surface area contributed by atoms with Gasteiger partial charge in [-0.1, -0.05) is 12.8 Å². The summed E-state index contributed by atoms with van der Waals surface area (Å²) >= 11 is 0. The van der Waals surface area contributed by atoms with Gasteiger partial charge in [0.2, 0.25) is 5.91 Å². The van der Waals surface area contributed by atoms with Crippen LogP contribution in [-0.4, -0.2) is 61.4 Å². The van der Waals surface area contributed by atoms with Crippen LogP contribution in [-0.2, 0) is 33.1 Å². The molecule has 0 saturated heterocycles. The monoisotopic (exact) mass is 556 g/mol. The number of ether oxygens (including phenoxy) is 2. The number of anilines is 1. The SMILES string of the molecule is CS(=O)(=O)CC(=O)Nc1c2c(nn1CCC1CC1)C[C@@]1(CCOc3cc(OCC(F)(F)F)ccc31)NC2=O. The second-order valence-electron chi connectivity index (χ2n) is 10.1. The maximum Gasteiger partial charge on any atom is 0.422 e. The lowest BCUT2D eigenvalue weighted by Gasteiger charge is -2.41. The predicted molar refractivity (Wildman–Crippen MR) is 129 cm³/mol. The minimum Gasteiger partial charge on any atom is -0.493 e. The van der Waals surface area contributed by atoms with E-state index in [1.54, 1.807) is 10.7 Å². The van der Waals surface area contributed by atoms with Crippen molar-refractivity contribution >= 4 is 27.5 Å². The Balaban J connectivity index is 1.46. The summed E-state index contributed by atoms with van der Waals surface area (Å²) in [5, 5.41) is 10.2. The van der Waals surface area contributed by atoms with Crippen LogP contribution in [0.5, 0.6) is 11.5 Å². The van der Waals surface area contributed by atoms with E-state index in [0.717, 1.165) is 25.5 Å². The van der Waals surface area contributed by atoms with Crippen molar-refractivity contribution in [2.75, 3.05) is 30.5 Å². The number of carbonyl (C=O) groups excluding carboxylic acids is 2. The van der Waals surface area contributed by atoms with Crippen LogP contribution < -0.4 is 20.1 Å². The van der Waals surface area contributed by atoms with E-state index in [2.05, 4.69) is 15.7 Å². The van der Waals surface area contributed by atoms with Gasteiger partial charge in [-0.05, 0) is 24.5 Å². The molecular weight excluding hydrogens is 529 g/mol. The van der Waals surface area contributed by atoms with Crippen LogP contribution in [0.15, 0.2) is 18.2 Å². The molecule has 3 aliphatic rings. The molecule has 206 valence electrons. The van der Waals surface area contributed by atoms with Gasteiger partial charge in [0.1, 0.15) is 28.6 Å². The zero-order valence-corrected chi connectivity index (χ0v) is 21.4. The predicted octanol–water partition coefficient (Wildman–Crippen LogP) is 2.57. The van der Waals surface area contributed by atoms with Crippen molar-refractivity contribution in [3.05, 3.63) is 35.0 Å². The first-order valence-electron chi connectivity index (χ1n) is 12.2. The summed E-state index contributed by atoms with van der Waals surface area (Å²) in [7, 11) is -3.59. The van der Waals surface area contributed by atoms with Crippen LogP contribution in [0, 0.1) is 5.92 Å². The van der Waals surface area contributed by atoms with Gasteiger partial charge >= 0.3 is 6.18 Å². The number of benzene rings is 1. The summed E-state index contributed by atoms with van der Waals surface area (Å²) in [6.45, 7) is -0.791. The topological polar surface area (TPSA) is 129 Å². The molecule has 1 aliphatic carbocycles. The van der Waals surface area contributed by atoms with Gasteiger partial charge in [0.15, 0.2) is 16.4 Å². The van der Waals surface area contributed by atoms with E-state index < -0.39 is 45.7 Å². The van der Waals surface area contributed by atoms with E-state index in [4.69, 9.17) is 9.47 Å². The molecule has 5 rings (SSSR count). The Morgan fingerprint density at radius 2 is 2.11 bits per heavy atom. The van der Waals surface area contributed by atoms with Gasteiger partial charge in [-0.2, -0.15) is 18.3 Å². The number of alkyl halides is 3. The second-order valence-corrected chi connectivity index (χ2v) is 12.3. The number of aryl methyl sites for hydroxylation is 1. The molecule has 38 heavy (non-hydrogen) atoms. The molecular formula is C24H27F3N4O6S. The lowest BCUT2D eigenvalue weighted by molar-refractivity contribution is -0.153. The van der Waals surface area contributed by atoms with Crippen molar-refractivity contribution < 1.29 is 40.7 Å². The largest absolute Gasteiger partial charge is 0.493 e. The van der Waals surface area contributed by atoms with E-state index in [1.165, 1.54) is 12.1 Å². The number of rotatable bonds is 8. The summed E-state index contributed by atoms with van der Waals surface area (Å²) in [6, 6.07) is 4.34. The van der Waals surface area contributed by atoms with Crippen molar-refractivity contribution in [1.82, 2.24) is 15.1 Å². The summed E-state index contributed by atoms with van der Waals surface area (Å²) in [4.78, 5) is 25.9. The summed E-state index contributed by atoms with van der Waals surface area (Å²) in [5.74, 6) is -1.000. The molecule has 10 nitrogen and oxygen atoms in total. The molecule has 2 amide bonds. The maximum absolute atomic E-state index is 13.5. The molecule has 2 N–H and O–H groups in total. The van der Waals surface area contributed by atoms with Gasteiger partial charge in [0, 0.05) is 37.3 Å². The highest BCUT2D eigenvalue weighted by atomic mass is 32.2. The van der Waals surface area contributed by atoms with Gasteiger partial charge in [-0.3, -0.25) is 9.59 Å². The first kappa shape index (κ1) is 26.3. The number of nitrogens with zero attached hydrogens (tertiary/aromatic N) is 2. The standard InChI is InChI=1S/C24H27F3N4O6S/c1-38(34,35)12-19(32)28-21-20-17(30-31(21)8-6-14-2-3-14)11-23(29-22(20)33)7-9-36-18-10-15(4-5-16(18)23)37-13-24(25,26)27/h4-5,10,14H,2-3,6-9,11-13H2,1H3,(H,28,32)(H,29,33)/t23-/m1/s1. The molecule has 1 fully saturated rings. The van der Waals surface area contributed by atoms with Gasteiger partial charge < -0.3 is 20.1 Å². The fraction of sp³-hybridized carbons (Fsp3) is 0.542. The van der Waals surface area contributed by atoms with E-state index in [-0.39, 0.29) is 30.2 Å². The third-order valence-corrected chi connectivity index (χ3v) is 7.62. The van der Waals surface area contributed by atoms with Crippen LogP contribution in [0.2, 0.25) is 0 Å². The Morgan fingerprint density at radius 3 is 2.79 bits per heavy atom. The average Bonchev–Trinajstić information content (AvgIpc) is 3.56. The summed E-state index contributed by atoms with van der Waals surface area (Å²) in [6.07, 6.45) is 0.109. The van der Waals surface area contributed by atoms with Crippen molar-refractivity contribution in [3.8, 4) is 11.5 Å². The van der Waals surface area contributed by atoms with Gasteiger partial charge in [-0.15, -0.1) is 0 Å². The molecule has 1 aromatic carbocycles. The highest BCUT2D eigenvalue weighted by Gasteiger charge is 2.46. The van der Waals surface area contributed by atoms with Gasteiger partial charge in [0.25, 0.3) is 5.91 Å². The normalized spacial score (nSPS) is 20.8. The molecule has 1 spiro atoms. The molecule has 1 aromatic heterocycles. The third kappa shape index (κ3) is 5.74. The Morgan fingerprint density at radius 1 is 1.34 bits per heavy atom. The fourth-order valence-corrected chi connectivity index (χ4v) is 5.49. The number of aromatic nitrogens is 2. The highest BCUT2D eigenvalue weighted by molar-refractivity contribution is 7.91. The summed E-state index contributed by atoms with van der Waals surface area (Å²) < 4.78 is 73.1. The van der Waals surface area contributed by atoms with Crippen LogP contribution in [0.25, 0.3) is 0 Å². The Kier molecular flexibility index (Phi) is 6.56. The number of fused-ring (bicyclic) bond motifs is 3. The van der Waals surface area contributed by atoms with Crippen molar-refractivity contribution in [1.29, 1.82) is 0 Å². The minimum absolute atomic E-state index is 0.0128. The van der Waals surface area contributed by atoms with E-state index in [1.807, 2.05) is 0 Å². The van der Waals surface area contributed by atoms with Crippen molar-refractivity contribution in [2.24, 2.45) is 5.92 Å². The van der Waals surface area contributed by atoms with E-state index in [9.17, 15) is 31.2 Å². The molecule has 2 aliphatic heterocycles. The van der Waals surface area contributed by atoms with Crippen molar-refractivity contribution in [3.63, 3.8) is 0 Å². The van der Waals surface area contributed by atoms with Crippen LogP contribution in [0.3, 0.4) is 0 Å². The van der Waals surface area contributed by atoms with Crippen LogP contribution >= 0.6 is 0 Å². The second kappa shape index (κ2) is 9.47. The third-order valence-electron chi connectivity index (χ3n) is 6.83. The molecule has 0 unspecified atom stereocenters. The molecule has 0 bridgehead atoms. The van der Waals surface area contributed by atoms with E-state index in [0.29, 0.717) is 35.9 Å². The number of carbonyl (C=O) groups is 2. The lowest BCUT2D eigenvalue weighted by atomic mass is 9.77. The van der Waals surface area contributed by atoms with E-state index >= 15 is 0 Å². The fourth-order valence-electron chi connectivity index (χ4n) is 4.95. The zero-order valence-electron chi connectivity index (χ0n) is 20.6. The van der Waals surface area contributed by atoms with Gasteiger partial charge in [0.05, 0.1) is 17.8 Å². The Labute approximate surface area is 216 Å². The smallest absolute Gasteiger partial charge is 0.422 e. The van der Waals surface area contributed by atoms with Gasteiger partial charge in [-0.25, -0.2) is 13.1 Å². The van der Waals surface area contributed by atoms with Crippen molar-refractivity contribution in [2.45, 2.75) is 50.4 Å². The maximum atomic E-state index is 13.5. The molecule has 2 aromatic rings. The van der Waals surface area contributed by atoms with Crippen LogP contribution in [0.1, 0.15) is 47.3 Å². The molecule has 14 heteroatoms. The molecule has 3 heterocycles. The first-order valence-corrected chi connectivity index (χ1v) is 14.2. The Bertz CT molecular complexity index is 1390. The molecule has 0 radical (unpaired) electrons.